The number of hydrogen-bond donors (Lipinski definition) is 0. The van der Waals surface area contributed by atoms with Crippen LogP contribution in [0.5, 0.6) is 0 Å². The van der Waals surface area contributed by atoms with Crippen molar-refractivity contribution in [1.29, 1.82) is 0 Å². The number of aromatic nitrogens is 2. The number of ether oxygens (including phenoxy) is 1. The number of nitro benzene ring substituents is 1. The maximum absolute atomic E-state index is 15.2. The van der Waals surface area contributed by atoms with Crippen molar-refractivity contribution >= 4 is 34.2 Å². The van der Waals surface area contributed by atoms with Gasteiger partial charge in [0, 0.05) is 17.7 Å². The highest BCUT2D eigenvalue weighted by Gasteiger charge is 2.20. The molecule has 0 aliphatic heterocycles. The normalized spacial score (nSPS) is 10.8. The molecule has 0 fully saturated rings. The van der Waals surface area contributed by atoms with E-state index in [1.165, 1.54) is 24.3 Å². The Bertz CT molecular complexity index is 1090. The first kappa shape index (κ1) is 18.7. The summed E-state index contributed by atoms with van der Waals surface area (Å²) in [6.07, 6.45) is 0. The lowest BCUT2D eigenvalue weighted by molar-refractivity contribution is -0.384. The highest BCUT2D eigenvalue weighted by Crippen LogP contribution is 2.34. The Morgan fingerprint density at radius 3 is 2.67 bits per heavy atom. The minimum Gasteiger partial charge on any atom is -0.460 e. The third-order valence-electron chi connectivity index (χ3n) is 3.94. The quantitative estimate of drug-likeness (QED) is 0.282. The first-order valence-electron chi connectivity index (χ1n) is 7.91. The Kier molecular flexibility index (Phi) is 5.00. The highest BCUT2D eigenvalue weighted by atomic mass is 35.5. The van der Waals surface area contributed by atoms with E-state index in [1.807, 2.05) is 0 Å². The molecule has 138 valence electrons. The number of carbonyl (C=O) groups excluding carboxylic acids is 1. The van der Waals surface area contributed by atoms with Crippen molar-refractivity contribution in [1.82, 2.24) is 9.97 Å². The van der Waals surface area contributed by atoms with E-state index in [-0.39, 0.29) is 39.7 Å². The van der Waals surface area contributed by atoms with Crippen molar-refractivity contribution in [3.05, 3.63) is 62.8 Å². The molecule has 0 atom stereocenters. The van der Waals surface area contributed by atoms with Crippen molar-refractivity contribution in [2.75, 3.05) is 6.61 Å². The van der Waals surface area contributed by atoms with Crippen LogP contribution in [0.2, 0.25) is 5.15 Å². The second-order valence-corrected chi connectivity index (χ2v) is 5.99. The fourth-order valence-electron chi connectivity index (χ4n) is 2.65. The van der Waals surface area contributed by atoms with Gasteiger partial charge >= 0.3 is 5.97 Å². The van der Waals surface area contributed by atoms with Crippen molar-refractivity contribution in [3.63, 3.8) is 0 Å². The molecule has 0 N–H and O–H groups in total. The molecule has 27 heavy (non-hydrogen) atoms. The van der Waals surface area contributed by atoms with Crippen LogP contribution in [0.15, 0.2) is 30.3 Å². The molecule has 1 aromatic heterocycles. The summed E-state index contributed by atoms with van der Waals surface area (Å²) in [7, 11) is 0. The topological polar surface area (TPSA) is 95.2 Å². The summed E-state index contributed by atoms with van der Waals surface area (Å²) in [5, 5.41) is 10.7. The molecular formula is C18H13ClFN3O4. The lowest BCUT2D eigenvalue weighted by atomic mass is 9.98. The predicted octanol–water partition coefficient (Wildman–Crippen LogP) is 4.48. The zero-order valence-electron chi connectivity index (χ0n) is 14.3. The minimum atomic E-state index is -0.764. The summed E-state index contributed by atoms with van der Waals surface area (Å²) >= 11 is 6.09. The van der Waals surface area contributed by atoms with E-state index < -0.39 is 16.7 Å². The second-order valence-electron chi connectivity index (χ2n) is 5.64. The average Bonchev–Trinajstić information content (AvgIpc) is 2.62. The largest absolute Gasteiger partial charge is 0.460 e. The zero-order valence-corrected chi connectivity index (χ0v) is 15.1. The molecule has 3 rings (SSSR count). The van der Waals surface area contributed by atoms with Gasteiger partial charge in [0.25, 0.3) is 5.69 Å². The lowest BCUT2D eigenvalue weighted by Gasteiger charge is -2.11. The van der Waals surface area contributed by atoms with Gasteiger partial charge in [-0.3, -0.25) is 10.1 Å². The monoisotopic (exact) mass is 389 g/mol. The van der Waals surface area contributed by atoms with Crippen LogP contribution in [0.25, 0.3) is 22.0 Å². The van der Waals surface area contributed by atoms with Crippen LogP contribution < -0.4 is 0 Å². The molecule has 0 saturated heterocycles. The molecule has 3 aromatic rings. The average molecular weight is 390 g/mol. The van der Waals surface area contributed by atoms with E-state index in [1.54, 1.807) is 19.9 Å². The fraction of sp³-hybridized carbons (Fsp3) is 0.167. The van der Waals surface area contributed by atoms with E-state index in [0.717, 1.165) is 0 Å². The van der Waals surface area contributed by atoms with Gasteiger partial charge in [-0.1, -0.05) is 17.7 Å². The molecule has 0 aliphatic rings. The van der Waals surface area contributed by atoms with Crippen LogP contribution in [0.3, 0.4) is 0 Å². The van der Waals surface area contributed by atoms with Crippen LogP contribution in [0, 0.1) is 22.9 Å². The van der Waals surface area contributed by atoms with Gasteiger partial charge in [0.15, 0.2) is 0 Å². The summed E-state index contributed by atoms with van der Waals surface area (Å²) in [5.41, 5.74) is 1.10. The van der Waals surface area contributed by atoms with Crippen molar-refractivity contribution < 1.29 is 18.8 Å². The molecular weight excluding hydrogens is 377 g/mol. The summed E-state index contributed by atoms with van der Waals surface area (Å²) in [4.78, 5) is 30.1. The molecule has 0 unspecified atom stereocenters. The Morgan fingerprint density at radius 1 is 1.26 bits per heavy atom. The second kappa shape index (κ2) is 7.24. The number of nitro groups is 1. The van der Waals surface area contributed by atoms with E-state index in [2.05, 4.69) is 9.97 Å². The van der Waals surface area contributed by atoms with Gasteiger partial charge in [-0.25, -0.2) is 19.2 Å². The van der Waals surface area contributed by atoms with Crippen molar-refractivity contribution in [2.45, 2.75) is 13.8 Å². The molecule has 2 aromatic carbocycles. The van der Waals surface area contributed by atoms with Crippen LogP contribution in [0.4, 0.5) is 10.1 Å². The molecule has 7 nitrogen and oxygen atoms in total. The fourth-order valence-corrected chi connectivity index (χ4v) is 2.91. The summed E-state index contributed by atoms with van der Waals surface area (Å²) in [5.74, 6) is -1.76. The van der Waals surface area contributed by atoms with Crippen LogP contribution in [0.1, 0.15) is 23.1 Å². The van der Waals surface area contributed by atoms with E-state index >= 15 is 4.39 Å². The lowest BCUT2D eigenvalue weighted by Crippen LogP contribution is -2.10. The SMILES string of the molecule is CCOC(=O)c1nc(Cl)c2c(F)c(-c3cc([N+](=O)[O-])ccc3C)ccc2n1. The first-order chi connectivity index (χ1) is 12.8. The summed E-state index contributed by atoms with van der Waals surface area (Å²) in [6, 6.07) is 7.09. The number of aryl methyl sites for hydroxylation is 1. The van der Waals surface area contributed by atoms with Gasteiger partial charge in [0.2, 0.25) is 5.82 Å². The third kappa shape index (κ3) is 3.43. The molecule has 0 radical (unpaired) electrons. The van der Waals surface area contributed by atoms with E-state index in [0.29, 0.717) is 11.1 Å². The Morgan fingerprint density at radius 2 is 2.00 bits per heavy atom. The maximum Gasteiger partial charge on any atom is 0.376 e. The predicted molar refractivity (Wildman–Crippen MR) is 97.3 cm³/mol. The van der Waals surface area contributed by atoms with Crippen molar-refractivity contribution in [2.24, 2.45) is 0 Å². The molecule has 0 aliphatic carbocycles. The van der Waals surface area contributed by atoms with Crippen LogP contribution >= 0.6 is 11.6 Å². The molecule has 0 amide bonds. The van der Waals surface area contributed by atoms with Gasteiger partial charge in [0.05, 0.1) is 22.4 Å². The number of rotatable bonds is 4. The van der Waals surface area contributed by atoms with Gasteiger partial charge in [0.1, 0.15) is 11.0 Å². The Hall–Kier alpha value is -3.13. The molecule has 9 heteroatoms. The van der Waals surface area contributed by atoms with Gasteiger partial charge in [-0.15, -0.1) is 0 Å². The van der Waals surface area contributed by atoms with Crippen molar-refractivity contribution in [3.8, 4) is 11.1 Å². The molecule has 0 spiro atoms. The number of non-ortho nitro benzene ring substituents is 1. The summed E-state index contributed by atoms with van der Waals surface area (Å²) in [6.45, 7) is 3.48. The van der Waals surface area contributed by atoms with E-state index in [4.69, 9.17) is 16.3 Å². The Labute approximate surface area is 157 Å². The van der Waals surface area contributed by atoms with Gasteiger partial charge < -0.3 is 4.74 Å². The maximum atomic E-state index is 15.2. The minimum absolute atomic E-state index is 0.0758. The number of halogens is 2. The number of nitrogens with zero attached hydrogens (tertiary/aromatic N) is 3. The standard InChI is InChI=1S/C18H13ClFN3O4/c1-3-27-18(24)17-21-13-7-6-11(15(20)14(13)16(19)22-17)12-8-10(23(25)26)5-4-9(12)2/h4-8H,3H2,1-2H3. The number of hydrogen-bond acceptors (Lipinski definition) is 6. The number of esters is 1. The molecule has 0 saturated carbocycles. The van der Waals surface area contributed by atoms with Crippen LogP contribution in [-0.4, -0.2) is 27.5 Å². The number of carbonyl (C=O) groups is 1. The number of fused-ring (bicyclic) bond motifs is 1. The first-order valence-corrected chi connectivity index (χ1v) is 8.29. The third-order valence-corrected chi connectivity index (χ3v) is 4.21. The zero-order chi connectivity index (χ0) is 19.7. The smallest absolute Gasteiger partial charge is 0.376 e. The Balaban J connectivity index is 2.21. The van der Waals surface area contributed by atoms with Gasteiger partial charge in [-0.05, 0) is 37.1 Å². The summed E-state index contributed by atoms with van der Waals surface area (Å²) < 4.78 is 20.0. The highest BCUT2D eigenvalue weighted by molar-refractivity contribution is 6.34. The molecule has 1 heterocycles. The van der Waals surface area contributed by atoms with Crippen LogP contribution in [-0.2, 0) is 4.74 Å². The number of benzene rings is 2. The molecule has 0 bridgehead atoms. The van der Waals surface area contributed by atoms with E-state index in [9.17, 15) is 14.9 Å². The van der Waals surface area contributed by atoms with Gasteiger partial charge in [-0.2, -0.15) is 0 Å².